The maximum absolute atomic E-state index is 4.41. The second-order valence-corrected chi connectivity index (χ2v) is 6.33. The maximum Gasteiger partial charge on any atom is 0.113 e. The van der Waals surface area contributed by atoms with Gasteiger partial charge >= 0.3 is 0 Å². The van der Waals surface area contributed by atoms with E-state index in [1.165, 1.54) is 5.56 Å². The lowest BCUT2D eigenvalue weighted by atomic mass is 10.1. The number of pyridine rings is 1. The molecule has 1 atom stereocenters. The molecule has 1 unspecified atom stereocenters. The summed E-state index contributed by atoms with van der Waals surface area (Å²) >= 11 is 0. The van der Waals surface area contributed by atoms with Gasteiger partial charge in [-0.1, -0.05) is 71.9 Å². The largest absolute Gasteiger partial charge is 0.309 e. The van der Waals surface area contributed by atoms with Gasteiger partial charge in [-0.2, -0.15) is 0 Å². The van der Waals surface area contributed by atoms with Crippen molar-refractivity contribution in [3.8, 4) is 11.3 Å². The van der Waals surface area contributed by atoms with E-state index in [9.17, 15) is 0 Å². The van der Waals surface area contributed by atoms with Gasteiger partial charge in [0, 0.05) is 24.8 Å². The van der Waals surface area contributed by atoms with Crippen molar-refractivity contribution in [1.82, 2.24) is 25.3 Å². The van der Waals surface area contributed by atoms with E-state index >= 15 is 0 Å². The number of nitrogens with one attached hydrogen (secondary N) is 1. The highest BCUT2D eigenvalue weighted by Gasteiger charge is 2.16. The molecular formula is C22H21N5. The smallest absolute Gasteiger partial charge is 0.113 e. The zero-order valence-corrected chi connectivity index (χ0v) is 14.9. The van der Waals surface area contributed by atoms with Crippen LogP contribution in [0.2, 0.25) is 0 Å². The molecule has 0 aliphatic rings. The van der Waals surface area contributed by atoms with Gasteiger partial charge in [0.25, 0.3) is 0 Å². The topological polar surface area (TPSA) is 55.6 Å². The van der Waals surface area contributed by atoms with Crippen LogP contribution in [0.5, 0.6) is 0 Å². The lowest BCUT2D eigenvalue weighted by molar-refractivity contribution is 0.467. The molecule has 0 bridgehead atoms. The summed E-state index contributed by atoms with van der Waals surface area (Å²) in [5.41, 5.74) is 4.15. The number of benzene rings is 2. The van der Waals surface area contributed by atoms with Crippen LogP contribution in [0.4, 0.5) is 0 Å². The van der Waals surface area contributed by atoms with Crippen molar-refractivity contribution in [2.45, 2.75) is 12.6 Å². The first-order valence-electron chi connectivity index (χ1n) is 9.03. The fourth-order valence-electron chi connectivity index (χ4n) is 3.05. The molecule has 0 aliphatic heterocycles. The molecule has 0 saturated carbocycles. The number of nitrogens with zero attached hydrogens (tertiary/aromatic N) is 4. The molecule has 2 heterocycles. The van der Waals surface area contributed by atoms with Crippen LogP contribution in [0.15, 0.2) is 91.3 Å². The molecule has 27 heavy (non-hydrogen) atoms. The third-order valence-corrected chi connectivity index (χ3v) is 4.45. The van der Waals surface area contributed by atoms with Crippen LogP contribution in [-0.4, -0.2) is 26.5 Å². The molecule has 2 aromatic heterocycles. The first-order chi connectivity index (χ1) is 13.4. The molecule has 0 amide bonds. The molecule has 0 spiro atoms. The van der Waals surface area contributed by atoms with Crippen LogP contribution >= 0.6 is 0 Å². The Morgan fingerprint density at radius 2 is 1.59 bits per heavy atom. The number of rotatable bonds is 7. The van der Waals surface area contributed by atoms with Gasteiger partial charge in [-0.25, -0.2) is 4.68 Å². The van der Waals surface area contributed by atoms with E-state index in [1.54, 1.807) is 0 Å². The van der Waals surface area contributed by atoms with Crippen molar-refractivity contribution in [1.29, 1.82) is 0 Å². The quantitative estimate of drug-likeness (QED) is 0.549. The second-order valence-electron chi connectivity index (χ2n) is 6.33. The summed E-state index contributed by atoms with van der Waals surface area (Å²) in [4.78, 5) is 4.37. The van der Waals surface area contributed by atoms with E-state index in [1.807, 2.05) is 71.7 Å². The van der Waals surface area contributed by atoms with Crippen molar-refractivity contribution >= 4 is 0 Å². The SMILES string of the molecule is c1ccc(-c2cn(C(CNCc3ccccn3)c3ccccc3)nn2)cc1. The Balaban J connectivity index is 1.54. The number of aromatic nitrogens is 4. The van der Waals surface area contributed by atoms with E-state index in [0.29, 0.717) is 6.54 Å². The molecule has 0 aliphatic carbocycles. The average Bonchev–Trinajstić information content (AvgIpc) is 3.23. The Hall–Kier alpha value is -3.31. The average molecular weight is 355 g/mol. The Morgan fingerprint density at radius 3 is 2.33 bits per heavy atom. The fraction of sp³-hybridized carbons (Fsp3) is 0.136. The summed E-state index contributed by atoms with van der Waals surface area (Å²) in [6, 6.07) is 26.5. The Morgan fingerprint density at radius 1 is 0.852 bits per heavy atom. The number of hydrogen-bond acceptors (Lipinski definition) is 4. The normalized spacial score (nSPS) is 12.0. The van der Waals surface area contributed by atoms with Crippen molar-refractivity contribution in [2.75, 3.05) is 6.54 Å². The van der Waals surface area contributed by atoms with Crippen LogP contribution in [0, 0.1) is 0 Å². The third kappa shape index (κ3) is 4.27. The summed E-state index contributed by atoms with van der Waals surface area (Å²) in [6.45, 7) is 1.45. The molecule has 1 N–H and O–H groups in total. The molecule has 4 rings (SSSR count). The van der Waals surface area contributed by atoms with E-state index in [-0.39, 0.29) is 6.04 Å². The molecule has 5 nitrogen and oxygen atoms in total. The molecule has 5 heteroatoms. The Labute approximate surface area is 158 Å². The zero-order valence-electron chi connectivity index (χ0n) is 14.9. The molecule has 134 valence electrons. The predicted octanol–water partition coefficient (Wildman–Crippen LogP) is 3.72. The molecular weight excluding hydrogens is 334 g/mol. The molecule has 0 saturated heterocycles. The highest BCUT2D eigenvalue weighted by Crippen LogP contribution is 2.21. The van der Waals surface area contributed by atoms with Crippen molar-refractivity contribution < 1.29 is 0 Å². The molecule has 0 fully saturated rings. The fourth-order valence-corrected chi connectivity index (χ4v) is 3.05. The standard InChI is InChI=1S/C22H21N5/c1-3-9-18(10-4-1)21-17-27(26-25-21)22(19-11-5-2-6-12-19)16-23-15-20-13-7-8-14-24-20/h1-14,17,22-23H,15-16H2. The van der Waals surface area contributed by atoms with Crippen LogP contribution in [0.25, 0.3) is 11.3 Å². The highest BCUT2D eigenvalue weighted by molar-refractivity contribution is 5.57. The number of hydrogen-bond donors (Lipinski definition) is 1. The van der Waals surface area contributed by atoms with E-state index in [2.05, 4.69) is 44.9 Å². The summed E-state index contributed by atoms with van der Waals surface area (Å²) in [5, 5.41) is 12.3. The van der Waals surface area contributed by atoms with Gasteiger partial charge < -0.3 is 5.32 Å². The minimum absolute atomic E-state index is 0.0554. The first kappa shape index (κ1) is 17.1. The maximum atomic E-state index is 4.41. The first-order valence-corrected chi connectivity index (χ1v) is 9.03. The molecule has 4 aromatic rings. The minimum atomic E-state index is 0.0554. The van der Waals surface area contributed by atoms with Crippen molar-refractivity contribution in [2.24, 2.45) is 0 Å². The molecule has 2 aromatic carbocycles. The summed E-state index contributed by atoms with van der Waals surface area (Å²) in [6.07, 6.45) is 3.82. The predicted molar refractivity (Wildman–Crippen MR) is 106 cm³/mol. The second kappa shape index (κ2) is 8.38. The van der Waals surface area contributed by atoms with Crippen molar-refractivity contribution in [3.05, 3.63) is 103 Å². The van der Waals surface area contributed by atoms with Crippen LogP contribution in [0.3, 0.4) is 0 Å². The monoisotopic (exact) mass is 355 g/mol. The lowest BCUT2D eigenvalue weighted by Gasteiger charge is -2.18. The van der Waals surface area contributed by atoms with Gasteiger partial charge in [0.2, 0.25) is 0 Å². The highest BCUT2D eigenvalue weighted by atomic mass is 15.4. The van der Waals surface area contributed by atoms with Crippen LogP contribution in [0.1, 0.15) is 17.3 Å². The Bertz CT molecular complexity index is 952. The van der Waals surface area contributed by atoms with Gasteiger partial charge in [-0.15, -0.1) is 5.10 Å². The van der Waals surface area contributed by atoms with Gasteiger partial charge in [-0.3, -0.25) is 4.98 Å². The van der Waals surface area contributed by atoms with Crippen LogP contribution < -0.4 is 5.32 Å². The summed E-state index contributed by atoms with van der Waals surface area (Å²) in [7, 11) is 0. The molecule has 0 radical (unpaired) electrons. The zero-order chi connectivity index (χ0) is 18.3. The lowest BCUT2D eigenvalue weighted by Crippen LogP contribution is -2.26. The van der Waals surface area contributed by atoms with Gasteiger partial charge in [-0.05, 0) is 17.7 Å². The Kier molecular flexibility index (Phi) is 5.31. The van der Waals surface area contributed by atoms with Crippen molar-refractivity contribution in [3.63, 3.8) is 0 Å². The summed E-state index contributed by atoms with van der Waals surface area (Å²) in [5.74, 6) is 0. The van der Waals surface area contributed by atoms with Crippen LogP contribution in [-0.2, 0) is 6.54 Å². The van der Waals surface area contributed by atoms with Gasteiger partial charge in [0.05, 0.1) is 17.9 Å². The van der Waals surface area contributed by atoms with E-state index in [4.69, 9.17) is 0 Å². The summed E-state index contributed by atoms with van der Waals surface area (Å²) < 4.78 is 1.93. The van der Waals surface area contributed by atoms with Gasteiger partial charge in [0.1, 0.15) is 5.69 Å². The minimum Gasteiger partial charge on any atom is -0.309 e. The third-order valence-electron chi connectivity index (χ3n) is 4.45. The van der Waals surface area contributed by atoms with E-state index < -0.39 is 0 Å². The van der Waals surface area contributed by atoms with E-state index in [0.717, 1.165) is 23.5 Å². The van der Waals surface area contributed by atoms with Gasteiger partial charge in [0.15, 0.2) is 0 Å².